The lowest BCUT2D eigenvalue weighted by Crippen LogP contribution is -2.01. The van der Waals surface area contributed by atoms with Crippen LogP contribution in [0, 0.1) is 5.82 Å². The lowest BCUT2D eigenvalue weighted by Gasteiger charge is -2.10. The van der Waals surface area contributed by atoms with E-state index in [9.17, 15) is 9.18 Å². The fourth-order valence-corrected chi connectivity index (χ4v) is 1.96. The van der Waals surface area contributed by atoms with Gasteiger partial charge in [-0.1, -0.05) is 41.4 Å². The summed E-state index contributed by atoms with van der Waals surface area (Å²) in [6.45, 7) is 0.0289. The van der Waals surface area contributed by atoms with E-state index in [1.165, 1.54) is 18.2 Å². The van der Waals surface area contributed by atoms with Gasteiger partial charge in [0.05, 0.1) is 15.6 Å². The zero-order valence-corrected chi connectivity index (χ0v) is 11.2. The molecule has 0 aliphatic heterocycles. The molecule has 0 heterocycles. The van der Waals surface area contributed by atoms with Crippen molar-refractivity contribution in [2.45, 2.75) is 6.61 Å². The van der Waals surface area contributed by atoms with Crippen molar-refractivity contribution in [1.29, 1.82) is 0 Å². The zero-order chi connectivity index (χ0) is 13.8. The van der Waals surface area contributed by atoms with Crippen molar-refractivity contribution in [2.75, 3.05) is 0 Å². The van der Waals surface area contributed by atoms with Gasteiger partial charge in [0, 0.05) is 5.56 Å². The number of hydrogen-bond acceptors (Lipinski definition) is 2. The largest absolute Gasteiger partial charge is 0.485 e. The molecule has 0 N–H and O–H groups in total. The number of rotatable bonds is 4. The molecule has 2 aromatic rings. The summed E-state index contributed by atoms with van der Waals surface area (Å²) in [5, 5.41) is 0.750. The SMILES string of the molecule is O=Cc1cccc(F)c1OCc1cccc(Cl)c1Cl. The molecule has 0 radical (unpaired) electrons. The maximum atomic E-state index is 13.6. The molecule has 2 aromatic carbocycles. The Labute approximate surface area is 119 Å². The molecule has 0 saturated carbocycles. The van der Waals surface area contributed by atoms with Crippen LogP contribution in [0.3, 0.4) is 0 Å². The van der Waals surface area contributed by atoms with Gasteiger partial charge in [-0.25, -0.2) is 4.39 Å². The van der Waals surface area contributed by atoms with Crippen molar-refractivity contribution in [1.82, 2.24) is 0 Å². The van der Waals surface area contributed by atoms with E-state index in [4.69, 9.17) is 27.9 Å². The Morgan fingerprint density at radius 1 is 1.16 bits per heavy atom. The van der Waals surface area contributed by atoms with Gasteiger partial charge in [0.2, 0.25) is 0 Å². The number of aldehydes is 1. The smallest absolute Gasteiger partial charge is 0.165 e. The number of benzene rings is 2. The second-order valence-corrected chi connectivity index (χ2v) is 4.56. The summed E-state index contributed by atoms with van der Waals surface area (Å²) >= 11 is 11.9. The Balaban J connectivity index is 2.24. The molecule has 5 heteroatoms. The molecule has 0 aliphatic carbocycles. The standard InChI is InChI=1S/C14H9Cl2FO2/c15-11-5-1-4-10(13(11)16)8-19-14-9(7-18)3-2-6-12(14)17/h1-7H,8H2. The quantitative estimate of drug-likeness (QED) is 0.776. The van der Waals surface area contributed by atoms with Gasteiger partial charge in [-0.3, -0.25) is 4.79 Å². The van der Waals surface area contributed by atoms with Gasteiger partial charge < -0.3 is 4.74 Å². The number of hydrogen-bond donors (Lipinski definition) is 0. The van der Waals surface area contributed by atoms with E-state index in [0.717, 1.165) is 0 Å². The minimum Gasteiger partial charge on any atom is -0.485 e. The summed E-state index contributed by atoms with van der Waals surface area (Å²) in [6.07, 6.45) is 0.540. The van der Waals surface area contributed by atoms with E-state index < -0.39 is 5.82 Å². The van der Waals surface area contributed by atoms with Crippen LogP contribution in [0.2, 0.25) is 10.0 Å². The minimum atomic E-state index is -0.595. The molecule has 0 fully saturated rings. The highest BCUT2D eigenvalue weighted by Gasteiger charge is 2.11. The molecule has 98 valence electrons. The van der Waals surface area contributed by atoms with E-state index in [0.29, 0.717) is 21.9 Å². The first kappa shape index (κ1) is 13.8. The fourth-order valence-electron chi connectivity index (χ4n) is 1.58. The van der Waals surface area contributed by atoms with Crippen LogP contribution in [-0.2, 0) is 6.61 Å². The van der Waals surface area contributed by atoms with Crippen molar-refractivity contribution < 1.29 is 13.9 Å². The lowest BCUT2D eigenvalue weighted by molar-refractivity contribution is 0.111. The van der Waals surface area contributed by atoms with E-state index in [1.54, 1.807) is 18.2 Å². The monoisotopic (exact) mass is 298 g/mol. The maximum absolute atomic E-state index is 13.6. The average molecular weight is 299 g/mol. The molecule has 2 rings (SSSR count). The fraction of sp³-hybridized carbons (Fsp3) is 0.0714. The van der Waals surface area contributed by atoms with E-state index in [1.807, 2.05) is 0 Å². The third-order valence-electron chi connectivity index (χ3n) is 2.53. The molecule has 0 saturated heterocycles. The van der Waals surface area contributed by atoms with Crippen LogP contribution < -0.4 is 4.74 Å². The van der Waals surface area contributed by atoms with Crippen LogP contribution in [0.15, 0.2) is 36.4 Å². The van der Waals surface area contributed by atoms with Crippen molar-refractivity contribution in [3.05, 3.63) is 63.4 Å². The molecular formula is C14H9Cl2FO2. The highest BCUT2D eigenvalue weighted by molar-refractivity contribution is 6.42. The molecule has 0 spiro atoms. The van der Waals surface area contributed by atoms with E-state index >= 15 is 0 Å². The van der Waals surface area contributed by atoms with Crippen LogP contribution in [0.4, 0.5) is 4.39 Å². The van der Waals surface area contributed by atoms with Crippen LogP contribution in [0.25, 0.3) is 0 Å². The number of halogens is 3. The Kier molecular flexibility index (Phi) is 4.40. The third-order valence-corrected chi connectivity index (χ3v) is 3.39. The van der Waals surface area contributed by atoms with Crippen LogP contribution in [0.5, 0.6) is 5.75 Å². The molecule has 0 aromatic heterocycles. The van der Waals surface area contributed by atoms with Crippen molar-refractivity contribution in [3.63, 3.8) is 0 Å². The predicted octanol–water partition coefficient (Wildman–Crippen LogP) is 4.52. The average Bonchev–Trinajstić information content (AvgIpc) is 2.41. The number of carbonyl (C=O) groups is 1. The maximum Gasteiger partial charge on any atom is 0.165 e. The summed E-state index contributed by atoms with van der Waals surface area (Å²) in [7, 11) is 0. The van der Waals surface area contributed by atoms with Gasteiger partial charge in [0.25, 0.3) is 0 Å². The molecule has 0 bridgehead atoms. The van der Waals surface area contributed by atoms with Crippen molar-refractivity contribution >= 4 is 29.5 Å². The molecule has 19 heavy (non-hydrogen) atoms. The normalized spacial score (nSPS) is 10.3. The zero-order valence-electron chi connectivity index (χ0n) is 9.70. The second kappa shape index (κ2) is 6.04. The summed E-state index contributed by atoms with van der Waals surface area (Å²) < 4.78 is 18.9. The van der Waals surface area contributed by atoms with Crippen molar-refractivity contribution in [3.8, 4) is 5.75 Å². The highest BCUT2D eigenvalue weighted by Crippen LogP contribution is 2.28. The van der Waals surface area contributed by atoms with Gasteiger partial charge >= 0.3 is 0 Å². The Morgan fingerprint density at radius 3 is 2.63 bits per heavy atom. The predicted molar refractivity (Wildman–Crippen MR) is 72.6 cm³/mol. The van der Waals surface area contributed by atoms with E-state index in [-0.39, 0.29) is 17.9 Å². The summed E-state index contributed by atoms with van der Waals surface area (Å²) in [5.41, 5.74) is 0.771. The summed E-state index contributed by atoms with van der Waals surface area (Å²) in [6, 6.07) is 9.23. The third kappa shape index (κ3) is 3.06. The highest BCUT2D eigenvalue weighted by atomic mass is 35.5. The van der Waals surface area contributed by atoms with Crippen LogP contribution >= 0.6 is 23.2 Å². The first-order chi connectivity index (χ1) is 9.13. The van der Waals surface area contributed by atoms with E-state index in [2.05, 4.69) is 0 Å². The molecule has 0 aliphatic rings. The number of ether oxygens (including phenoxy) is 1. The van der Waals surface area contributed by atoms with Gasteiger partial charge in [-0.15, -0.1) is 0 Å². The summed E-state index contributed by atoms with van der Waals surface area (Å²) in [4.78, 5) is 10.8. The molecular weight excluding hydrogens is 290 g/mol. The Hall–Kier alpha value is -1.58. The lowest BCUT2D eigenvalue weighted by atomic mass is 10.2. The topological polar surface area (TPSA) is 26.3 Å². The van der Waals surface area contributed by atoms with Gasteiger partial charge in [0.15, 0.2) is 17.9 Å². The van der Waals surface area contributed by atoms with Gasteiger partial charge in [0.1, 0.15) is 6.61 Å². The second-order valence-electron chi connectivity index (χ2n) is 3.78. The molecule has 2 nitrogen and oxygen atoms in total. The first-order valence-electron chi connectivity index (χ1n) is 5.43. The minimum absolute atomic E-state index is 0.0289. The van der Waals surface area contributed by atoms with Crippen LogP contribution in [-0.4, -0.2) is 6.29 Å². The molecule has 0 atom stereocenters. The molecule has 0 amide bonds. The number of para-hydroxylation sites is 1. The van der Waals surface area contributed by atoms with Gasteiger partial charge in [-0.2, -0.15) is 0 Å². The van der Waals surface area contributed by atoms with Crippen LogP contribution in [0.1, 0.15) is 15.9 Å². The van der Waals surface area contributed by atoms with Crippen molar-refractivity contribution in [2.24, 2.45) is 0 Å². The number of carbonyl (C=O) groups excluding carboxylic acids is 1. The van der Waals surface area contributed by atoms with Gasteiger partial charge in [-0.05, 0) is 18.2 Å². The summed E-state index contributed by atoms with van der Waals surface area (Å²) in [5.74, 6) is -0.684. The first-order valence-corrected chi connectivity index (χ1v) is 6.18. The molecule has 0 unspecified atom stereocenters. The Morgan fingerprint density at radius 2 is 1.89 bits per heavy atom. The Bertz CT molecular complexity index is 614.